The van der Waals surface area contributed by atoms with Crippen LogP contribution in [0.15, 0.2) is 40.4 Å². The fourth-order valence-electron chi connectivity index (χ4n) is 3.08. The molecule has 0 fully saturated rings. The summed E-state index contributed by atoms with van der Waals surface area (Å²) < 4.78 is 5.80. The molecule has 8 heteroatoms. The van der Waals surface area contributed by atoms with Crippen molar-refractivity contribution >= 4 is 11.8 Å². The number of nitrogens with zero attached hydrogens (tertiary/aromatic N) is 2. The second-order valence-electron chi connectivity index (χ2n) is 7.26. The first-order chi connectivity index (χ1) is 13.4. The number of hydrogen-bond donors (Lipinski definition) is 2. The van der Waals surface area contributed by atoms with Gasteiger partial charge in [0.15, 0.2) is 0 Å². The highest BCUT2D eigenvalue weighted by Crippen LogP contribution is 2.16. The predicted molar refractivity (Wildman–Crippen MR) is 115 cm³/mol. The summed E-state index contributed by atoms with van der Waals surface area (Å²) in [6.45, 7) is 3.43. The minimum absolute atomic E-state index is 0.119. The molecule has 1 aromatic heterocycles. The van der Waals surface area contributed by atoms with E-state index in [1.807, 2.05) is 26.2 Å². The fourth-order valence-corrected chi connectivity index (χ4v) is 3.84. The Morgan fingerprint density at radius 2 is 2.11 bits per heavy atom. The second kappa shape index (κ2) is 12.1. The molecule has 0 saturated carbocycles. The maximum Gasteiger partial charge on any atom is 0.232 e. The van der Waals surface area contributed by atoms with Gasteiger partial charge in [-0.25, -0.2) is 0 Å². The van der Waals surface area contributed by atoms with Crippen molar-refractivity contribution < 1.29 is 9.34 Å². The summed E-state index contributed by atoms with van der Waals surface area (Å²) in [4.78, 5) is 12.8. The van der Waals surface area contributed by atoms with E-state index in [1.165, 1.54) is 5.57 Å². The van der Waals surface area contributed by atoms with E-state index in [9.17, 15) is 10.1 Å². The molecule has 2 N–H and O–H groups in total. The molecule has 0 bridgehead atoms. The number of hydrogen-bond acceptors (Lipinski definition) is 7. The van der Waals surface area contributed by atoms with Gasteiger partial charge < -0.3 is 9.32 Å². The molecule has 0 amide bonds. The van der Waals surface area contributed by atoms with Crippen LogP contribution in [0.5, 0.6) is 0 Å². The molecule has 7 nitrogen and oxygen atoms in total. The van der Waals surface area contributed by atoms with E-state index in [0.717, 1.165) is 42.4 Å². The highest BCUT2D eigenvalue weighted by atomic mass is 32.2. The minimum atomic E-state index is -0.340. The molecular weight excluding hydrogens is 376 g/mol. The molecule has 2 atom stereocenters. The summed E-state index contributed by atoms with van der Waals surface area (Å²) in [5.74, 6) is 3.60. The highest BCUT2D eigenvalue weighted by Gasteiger charge is 2.19. The van der Waals surface area contributed by atoms with E-state index in [0.29, 0.717) is 6.54 Å². The normalized spacial score (nSPS) is 16.2. The number of thioether (sulfide) groups is 1. The number of furan rings is 1. The van der Waals surface area contributed by atoms with Gasteiger partial charge in [0.05, 0.1) is 12.3 Å². The average Bonchev–Trinajstić information content (AvgIpc) is 3.08. The highest BCUT2D eigenvalue weighted by molar-refractivity contribution is 7.98. The third kappa shape index (κ3) is 8.60. The topological polar surface area (TPSA) is 83.6 Å². The van der Waals surface area contributed by atoms with Crippen LogP contribution in [-0.2, 0) is 12.3 Å². The third-order valence-electron chi connectivity index (χ3n) is 4.45. The van der Waals surface area contributed by atoms with Gasteiger partial charge in [0.1, 0.15) is 17.7 Å². The second-order valence-corrected chi connectivity index (χ2v) is 8.36. The van der Waals surface area contributed by atoms with E-state index in [4.69, 9.17) is 4.42 Å². The number of nitrogens with one attached hydrogen (secondary N) is 2. The van der Waals surface area contributed by atoms with Crippen LogP contribution < -0.4 is 10.6 Å². The minimum Gasteiger partial charge on any atom is -0.464 e. The Kier molecular flexibility index (Phi) is 9.77. The summed E-state index contributed by atoms with van der Waals surface area (Å²) in [6, 6.07) is 4.15. The maximum atomic E-state index is 11.0. The van der Waals surface area contributed by atoms with Gasteiger partial charge in [-0.05, 0) is 46.0 Å². The lowest BCUT2D eigenvalue weighted by Crippen LogP contribution is -2.51. The molecular formula is C20H32N4O3S. The Morgan fingerprint density at radius 1 is 1.32 bits per heavy atom. The Morgan fingerprint density at radius 3 is 2.79 bits per heavy atom. The van der Waals surface area contributed by atoms with Crippen LogP contribution in [-0.4, -0.2) is 55.0 Å². The van der Waals surface area contributed by atoms with Crippen LogP contribution in [0.4, 0.5) is 0 Å². The predicted octanol–water partition coefficient (Wildman–Crippen LogP) is 3.02. The Labute approximate surface area is 171 Å². The lowest BCUT2D eigenvalue weighted by atomic mass is 9.99. The first kappa shape index (κ1) is 22.7. The molecule has 1 aliphatic carbocycles. The molecule has 0 radical (unpaired) electrons. The van der Waals surface area contributed by atoms with Crippen molar-refractivity contribution in [3.8, 4) is 0 Å². The van der Waals surface area contributed by atoms with Crippen LogP contribution in [0, 0.1) is 10.1 Å². The standard InChI is InChI=1S/C20H32N4O3S/c1-16(17-7-5-4-6-8-17)22-20(14-24(25)26)21-11-12-28-15-19-10-9-18(27-19)13-23(2)3/h4-5,8-10,16,20-22H,6-7,11-15H2,1-3H3. The van der Waals surface area contributed by atoms with Crippen molar-refractivity contribution in [1.29, 1.82) is 0 Å². The number of rotatable bonds is 13. The number of allylic oxidation sites excluding steroid dienone is 3. The van der Waals surface area contributed by atoms with Crippen LogP contribution in [0.1, 0.15) is 31.3 Å². The molecule has 0 spiro atoms. The Balaban J connectivity index is 1.70. The van der Waals surface area contributed by atoms with Crippen LogP contribution in [0.2, 0.25) is 0 Å². The summed E-state index contributed by atoms with van der Waals surface area (Å²) in [7, 11) is 4.03. The first-order valence-corrected chi connectivity index (χ1v) is 10.8. The monoisotopic (exact) mass is 408 g/mol. The average molecular weight is 409 g/mol. The van der Waals surface area contributed by atoms with Gasteiger partial charge in [0.2, 0.25) is 6.54 Å². The zero-order valence-corrected chi connectivity index (χ0v) is 17.8. The number of nitro groups is 1. The molecule has 2 unspecified atom stereocenters. The molecule has 0 aliphatic heterocycles. The largest absolute Gasteiger partial charge is 0.464 e. The van der Waals surface area contributed by atoms with E-state index in [1.54, 1.807) is 11.8 Å². The van der Waals surface area contributed by atoms with Crippen LogP contribution in [0.25, 0.3) is 0 Å². The zero-order chi connectivity index (χ0) is 20.4. The summed E-state index contributed by atoms with van der Waals surface area (Å²) in [5.41, 5.74) is 1.29. The quantitative estimate of drug-likeness (QED) is 0.171. The van der Waals surface area contributed by atoms with Crippen molar-refractivity contribution in [2.45, 2.75) is 44.3 Å². The molecule has 0 saturated heterocycles. The summed E-state index contributed by atoms with van der Waals surface area (Å²) in [6.07, 6.45) is 8.00. The van der Waals surface area contributed by atoms with Gasteiger partial charge in [0, 0.05) is 23.3 Å². The zero-order valence-electron chi connectivity index (χ0n) is 17.0. The molecule has 2 rings (SSSR count). The summed E-state index contributed by atoms with van der Waals surface area (Å²) in [5, 5.41) is 17.6. The SMILES string of the molecule is CC(NC(C[N+](=O)[O-])NCCSCc1ccc(CN(C)C)o1)C1=CCC=CC1. The molecule has 156 valence electrons. The van der Waals surface area contributed by atoms with Crippen molar-refractivity contribution in [2.24, 2.45) is 0 Å². The lowest BCUT2D eigenvalue weighted by molar-refractivity contribution is -0.484. The van der Waals surface area contributed by atoms with E-state index >= 15 is 0 Å². The van der Waals surface area contributed by atoms with E-state index in [-0.39, 0.29) is 23.7 Å². The molecule has 0 aromatic carbocycles. The Hall–Kier alpha value is -1.61. The van der Waals surface area contributed by atoms with Crippen molar-refractivity contribution in [3.05, 3.63) is 57.6 Å². The van der Waals surface area contributed by atoms with Gasteiger partial charge >= 0.3 is 0 Å². The van der Waals surface area contributed by atoms with Gasteiger partial charge in [-0.15, -0.1) is 0 Å². The molecule has 1 heterocycles. The van der Waals surface area contributed by atoms with Gasteiger partial charge in [-0.1, -0.05) is 23.8 Å². The lowest BCUT2D eigenvalue weighted by Gasteiger charge is -2.24. The van der Waals surface area contributed by atoms with E-state index < -0.39 is 0 Å². The van der Waals surface area contributed by atoms with Crippen molar-refractivity contribution in [3.63, 3.8) is 0 Å². The molecule has 28 heavy (non-hydrogen) atoms. The van der Waals surface area contributed by atoms with Gasteiger partial charge in [-0.3, -0.25) is 20.7 Å². The van der Waals surface area contributed by atoms with Gasteiger partial charge in [-0.2, -0.15) is 11.8 Å². The van der Waals surface area contributed by atoms with Gasteiger partial charge in [0.25, 0.3) is 0 Å². The van der Waals surface area contributed by atoms with Crippen LogP contribution >= 0.6 is 11.8 Å². The Bertz CT molecular complexity index is 672. The van der Waals surface area contributed by atoms with E-state index in [2.05, 4.69) is 40.7 Å². The summed E-state index contributed by atoms with van der Waals surface area (Å²) >= 11 is 1.76. The molecule has 1 aliphatic rings. The first-order valence-electron chi connectivity index (χ1n) is 9.69. The molecule has 1 aromatic rings. The van der Waals surface area contributed by atoms with Crippen molar-refractivity contribution in [1.82, 2.24) is 15.5 Å². The smallest absolute Gasteiger partial charge is 0.232 e. The maximum absolute atomic E-state index is 11.0. The fraction of sp³-hybridized carbons (Fsp3) is 0.600. The third-order valence-corrected chi connectivity index (χ3v) is 5.43. The van der Waals surface area contributed by atoms with Crippen LogP contribution in [0.3, 0.4) is 0 Å². The van der Waals surface area contributed by atoms with Crippen molar-refractivity contribution in [2.75, 3.05) is 32.9 Å².